The van der Waals surface area contributed by atoms with Crippen molar-refractivity contribution in [2.75, 3.05) is 5.32 Å². The molecule has 2 aromatic rings. The molecule has 0 fully saturated rings. The number of aromatic nitrogens is 3. The van der Waals surface area contributed by atoms with Crippen LogP contribution in [0.4, 0.5) is 17.3 Å². The van der Waals surface area contributed by atoms with E-state index in [0.717, 1.165) is 6.33 Å². The van der Waals surface area contributed by atoms with Gasteiger partial charge in [-0.1, -0.05) is 17.7 Å². The van der Waals surface area contributed by atoms with Gasteiger partial charge in [-0.25, -0.2) is 9.97 Å². The van der Waals surface area contributed by atoms with Gasteiger partial charge in [0.05, 0.1) is 11.3 Å². The first kappa shape index (κ1) is 12.0. The Kier molecular flexibility index (Phi) is 3.20. The number of nitrogens with one attached hydrogen (secondary N) is 2. The summed E-state index contributed by atoms with van der Waals surface area (Å²) in [6.07, 6.45) is 1.06. The zero-order chi connectivity index (χ0) is 13.1. The van der Waals surface area contributed by atoms with E-state index in [1.807, 2.05) is 0 Å². The monoisotopic (exact) mass is 267 g/mol. The molecule has 2 rings (SSSR count). The normalized spacial score (nSPS) is 10.1. The van der Waals surface area contributed by atoms with Crippen molar-refractivity contribution in [2.45, 2.75) is 0 Å². The summed E-state index contributed by atoms with van der Waals surface area (Å²) >= 11 is 5.67. The van der Waals surface area contributed by atoms with Gasteiger partial charge in [-0.3, -0.25) is 14.9 Å². The molecule has 0 saturated heterocycles. The molecular formula is C9H6ClN5O3. The van der Waals surface area contributed by atoms with Crippen LogP contribution < -0.4 is 10.9 Å². The number of H-pyrrole nitrogens is 1. The maximum absolute atomic E-state index is 11.3. The van der Waals surface area contributed by atoms with Gasteiger partial charge in [-0.2, -0.15) is 0 Å². The summed E-state index contributed by atoms with van der Waals surface area (Å²) in [6, 6.07) is 4.70. The van der Waals surface area contributed by atoms with E-state index in [9.17, 15) is 14.9 Å². The highest BCUT2D eigenvalue weighted by molar-refractivity contribution is 6.29. The van der Waals surface area contributed by atoms with Crippen LogP contribution >= 0.6 is 11.6 Å². The van der Waals surface area contributed by atoms with E-state index in [1.165, 1.54) is 0 Å². The minimum Gasteiger partial charge on any atom is -0.319 e. The molecule has 8 nitrogen and oxygen atoms in total. The fraction of sp³-hybridized carbons (Fsp3) is 0. The van der Waals surface area contributed by atoms with Gasteiger partial charge in [0.25, 0.3) is 0 Å². The Morgan fingerprint density at radius 2 is 2.22 bits per heavy atom. The summed E-state index contributed by atoms with van der Waals surface area (Å²) in [5.74, 6) is 0.0576. The van der Waals surface area contributed by atoms with E-state index in [0.29, 0.717) is 0 Å². The van der Waals surface area contributed by atoms with Crippen LogP contribution in [0.15, 0.2) is 29.3 Å². The lowest BCUT2D eigenvalue weighted by molar-refractivity contribution is -0.385. The van der Waals surface area contributed by atoms with Crippen LogP contribution in [0.5, 0.6) is 0 Å². The third kappa shape index (κ3) is 2.43. The molecule has 2 heterocycles. The molecule has 0 atom stereocenters. The number of hydrogen-bond acceptors (Lipinski definition) is 6. The van der Waals surface area contributed by atoms with Gasteiger partial charge < -0.3 is 10.3 Å². The SMILES string of the molecule is O=c1[nH]cnc(Nc2cccc(Cl)n2)c1[N+](=O)[O-]. The van der Waals surface area contributed by atoms with Crippen molar-refractivity contribution in [1.29, 1.82) is 0 Å². The number of halogens is 1. The topological polar surface area (TPSA) is 114 Å². The van der Waals surface area contributed by atoms with Gasteiger partial charge >= 0.3 is 11.2 Å². The third-order valence-electron chi connectivity index (χ3n) is 1.97. The Morgan fingerprint density at radius 3 is 2.89 bits per heavy atom. The second kappa shape index (κ2) is 4.80. The van der Waals surface area contributed by atoms with Gasteiger partial charge in [0.15, 0.2) is 0 Å². The van der Waals surface area contributed by atoms with Crippen LogP contribution in [0.2, 0.25) is 5.15 Å². The van der Waals surface area contributed by atoms with E-state index < -0.39 is 16.2 Å². The van der Waals surface area contributed by atoms with Crippen molar-refractivity contribution < 1.29 is 4.92 Å². The first-order valence-electron chi connectivity index (χ1n) is 4.69. The second-order valence-corrected chi connectivity index (χ2v) is 3.54. The molecule has 92 valence electrons. The molecule has 0 aliphatic heterocycles. The third-order valence-corrected chi connectivity index (χ3v) is 2.18. The number of nitrogens with zero attached hydrogens (tertiary/aromatic N) is 3. The van der Waals surface area contributed by atoms with Crippen LogP contribution in [-0.2, 0) is 0 Å². The molecule has 0 saturated carbocycles. The van der Waals surface area contributed by atoms with Gasteiger partial charge in [0.1, 0.15) is 11.0 Å². The zero-order valence-corrected chi connectivity index (χ0v) is 9.51. The predicted octanol–water partition coefficient (Wildman–Crippen LogP) is 1.47. The summed E-state index contributed by atoms with van der Waals surface area (Å²) in [5.41, 5.74) is -1.53. The summed E-state index contributed by atoms with van der Waals surface area (Å²) in [5, 5.41) is 13.5. The Balaban J connectivity index is 2.44. The second-order valence-electron chi connectivity index (χ2n) is 3.16. The van der Waals surface area contributed by atoms with E-state index in [1.54, 1.807) is 18.2 Å². The van der Waals surface area contributed by atoms with E-state index in [4.69, 9.17) is 11.6 Å². The van der Waals surface area contributed by atoms with Crippen LogP contribution in [0, 0.1) is 10.1 Å². The first-order chi connectivity index (χ1) is 8.58. The van der Waals surface area contributed by atoms with Crippen molar-refractivity contribution >= 4 is 28.9 Å². The quantitative estimate of drug-likeness (QED) is 0.494. The minimum absolute atomic E-state index is 0.196. The molecule has 0 aliphatic rings. The molecule has 18 heavy (non-hydrogen) atoms. The lowest BCUT2D eigenvalue weighted by Crippen LogP contribution is -2.14. The standard InChI is InChI=1S/C9H6ClN5O3/c10-5-2-1-3-6(13-5)14-8-7(15(17)18)9(16)12-4-11-8/h1-4H,(H2,11,12,13,14,16). The van der Waals surface area contributed by atoms with Crippen LogP contribution in [0.1, 0.15) is 0 Å². The zero-order valence-electron chi connectivity index (χ0n) is 8.75. The van der Waals surface area contributed by atoms with Crippen molar-refractivity contribution in [3.63, 3.8) is 0 Å². The highest BCUT2D eigenvalue weighted by Gasteiger charge is 2.20. The Bertz CT molecular complexity index is 657. The molecule has 0 spiro atoms. The number of aromatic amines is 1. The number of rotatable bonds is 3. The summed E-state index contributed by atoms with van der Waals surface area (Å²) in [4.78, 5) is 30.9. The molecular weight excluding hydrogens is 262 g/mol. The molecule has 0 bridgehead atoms. The predicted molar refractivity (Wildman–Crippen MR) is 64.0 cm³/mol. The average Bonchev–Trinajstić information content (AvgIpc) is 2.28. The average molecular weight is 268 g/mol. The molecule has 0 aliphatic carbocycles. The highest BCUT2D eigenvalue weighted by Crippen LogP contribution is 2.20. The Hall–Kier alpha value is -2.48. The van der Waals surface area contributed by atoms with Gasteiger partial charge in [0.2, 0.25) is 5.82 Å². The molecule has 2 aromatic heterocycles. The number of pyridine rings is 1. The van der Waals surface area contributed by atoms with Crippen molar-refractivity contribution in [2.24, 2.45) is 0 Å². The summed E-state index contributed by atoms with van der Waals surface area (Å²) in [7, 11) is 0. The molecule has 0 aromatic carbocycles. The molecule has 0 unspecified atom stereocenters. The first-order valence-corrected chi connectivity index (χ1v) is 5.07. The van der Waals surface area contributed by atoms with Crippen LogP contribution in [-0.4, -0.2) is 19.9 Å². The summed E-state index contributed by atoms with van der Waals surface area (Å²) in [6.45, 7) is 0. The number of nitro groups is 1. The lowest BCUT2D eigenvalue weighted by Gasteiger charge is -2.04. The van der Waals surface area contributed by atoms with E-state index in [2.05, 4.69) is 20.3 Å². The van der Waals surface area contributed by atoms with E-state index in [-0.39, 0.29) is 16.8 Å². The highest BCUT2D eigenvalue weighted by atomic mass is 35.5. The van der Waals surface area contributed by atoms with E-state index >= 15 is 0 Å². The Labute approximate surface area is 105 Å². The number of hydrogen-bond donors (Lipinski definition) is 2. The smallest absolute Gasteiger partial charge is 0.319 e. The molecule has 2 N–H and O–H groups in total. The number of anilines is 2. The fourth-order valence-electron chi connectivity index (χ4n) is 1.25. The van der Waals surface area contributed by atoms with Gasteiger partial charge in [-0.15, -0.1) is 0 Å². The lowest BCUT2D eigenvalue weighted by atomic mass is 10.4. The molecule has 0 amide bonds. The van der Waals surface area contributed by atoms with Crippen molar-refractivity contribution in [3.8, 4) is 0 Å². The van der Waals surface area contributed by atoms with Crippen LogP contribution in [0.3, 0.4) is 0 Å². The van der Waals surface area contributed by atoms with Gasteiger partial charge in [0, 0.05) is 0 Å². The van der Waals surface area contributed by atoms with Gasteiger partial charge in [-0.05, 0) is 12.1 Å². The fourth-order valence-corrected chi connectivity index (χ4v) is 1.42. The Morgan fingerprint density at radius 1 is 1.44 bits per heavy atom. The molecule has 9 heteroatoms. The van der Waals surface area contributed by atoms with Crippen LogP contribution in [0.25, 0.3) is 0 Å². The maximum atomic E-state index is 11.3. The van der Waals surface area contributed by atoms with Crippen molar-refractivity contribution in [3.05, 3.63) is 50.1 Å². The largest absolute Gasteiger partial charge is 0.376 e. The summed E-state index contributed by atoms with van der Waals surface area (Å²) < 4.78 is 0. The maximum Gasteiger partial charge on any atom is 0.376 e. The van der Waals surface area contributed by atoms with Crippen molar-refractivity contribution in [1.82, 2.24) is 15.0 Å². The minimum atomic E-state index is -0.848. The molecule has 0 radical (unpaired) electrons.